The maximum absolute atomic E-state index is 2.93. The van der Waals surface area contributed by atoms with Crippen molar-refractivity contribution in [3.63, 3.8) is 0 Å². The first-order valence-electron chi connectivity index (χ1n) is 17.5. The van der Waals surface area contributed by atoms with Crippen LogP contribution in [0.2, 0.25) is 0 Å². The first-order valence-corrected chi connectivity index (χ1v) is 20.3. The summed E-state index contributed by atoms with van der Waals surface area (Å²) in [6.45, 7) is 0. The lowest BCUT2D eigenvalue weighted by atomic mass is 10.0. The van der Waals surface area contributed by atoms with Crippen LogP contribution in [0.5, 0.6) is 0 Å². The van der Waals surface area contributed by atoms with Crippen LogP contribution in [0.3, 0.4) is 0 Å². The smallest absolute Gasteiger partial charge is 0.179 e. The first-order chi connectivity index (χ1) is 25.3. The largest absolute Gasteiger partial charge is 0.309 e. The monoisotopic (exact) mass is 683 g/mol. The molecule has 0 atom stereocenters. The minimum atomic E-state index is -2.93. The van der Waals surface area contributed by atoms with Crippen molar-refractivity contribution in [1.82, 2.24) is 4.57 Å². The van der Waals surface area contributed by atoms with E-state index in [1.165, 1.54) is 79.5 Å². The third kappa shape index (κ3) is 4.74. The molecular weight excluding hydrogens is 651 g/mol. The number of fused-ring (bicyclic) bond motifs is 6. The molecule has 51 heavy (non-hydrogen) atoms. The number of aromatic nitrogens is 1. The molecule has 10 aromatic rings. The second-order valence-corrected chi connectivity index (χ2v) is 18.2. The molecule has 0 spiro atoms. The average Bonchev–Trinajstić information content (AvgIpc) is 3.75. The van der Waals surface area contributed by atoms with Crippen molar-refractivity contribution < 1.29 is 0 Å². The van der Waals surface area contributed by atoms with E-state index in [1.54, 1.807) is 0 Å². The Balaban J connectivity index is 1.37. The molecule has 0 saturated heterocycles. The maximum Gasteiger partial charge on any atom is 0.179 e. The number of hydrogen-bond acceptors (Lipinski definition) is 1. The zero-order valence-electron chi connectivity index (χ0n) is 27.9. The fourth-order valence-corrected chi connectivity index (χ4v) is 14.2. The van der Waals surface area contributed by atoms with Gasteiger partial charge in [0.05, 0.1) is 11.0 Å². The highest BCUT2D eigenvalue weighted by atomic mass is 32.1. The van der Waals surface area contributed by atoms with Crippen LogP contribution in [0.1, 0.15) is 0 Å². The van der Waals surface area contributed by atoms with E-state index in [0.29, 0.717) is 0 Å². The number of hydrogen-bond donors (Lipinski definition) is 0. The Kier molecular flexibility index (Phi) is 7.09. The first kappa shape index (κ1) is 29.9. The summed E-state index contributed by atoms with van der Waals surface area (Å²) in [7, 11) is -2.93. The molecular formula is C48H33NSSi. The highest BCUT2D eigenvalue weighted by Gasteiger charge is 2.42. The molecule has 0 aliphatic heterocycles. The third-order valence-corrected chi connectivity index (χ3v) is 16.4. The second-order valence-electron chi connectivity index (χ2n) is 13.3. The SMILES string of the molecule is c1ccc(-c2cc(-n3c4ccccc4c4ccccc43)cc([Si](c3ccccc3)(c3ccccc3)c3ccc4sc5ccccc5c4c3)c2)cc1. The summed E-state index contributed by atoms with van der Waals surface area (Å²) in [6, 6.07) is 74.7. The Labute approximate surface area is 302 Å². The van der Waals surface area contributed by atoms with Gasteiger partial charge in [0.15, 0.2) is 8.07 Å². The highest BCUT2D eigenvalue weighted by molar-refractivity contribution is 7.26. The van der Waals surface area contributed by atoms with Crippen LogP contribution in [-0.4, -0.2) is 12.6 Å². The van der Waals surface area contributed by atoms with Crippen molar-refractivity contribution in [1.29, 1.82) is 0 Å². The van der Waals surface area contributed by atoms with Crippen LogP contribution >= 0.6 is 11.3 Å². The maximum atomic E-state index is 2.52. The summed E-state index contributed by atoms with van der Waals surface area (Å²) in [5, 5.41) is 10.7. The lowest BCUT2D eigenvalue weighted by Crippen LogP contribution is -2.74. The van der Waals surface area contributed by atoms with E-state index in [-0.39, 0.29) is 0 Å². The number of rotatable bonds is 6. The van der Waals surface area contributed by atoms with Gasteiger partial charge in [0.25, 0.3) is 0 Å². The Morgan fingerprint density at radius 3 is 1.51 bits per heavy atom. The molecule has 0 unspecified atom stereocenters. The molecule has 0 N–H and O–H groups in total. The minimum Gasteiger partial charge on any atom is -0.309 e. The minimum absolute atomic E-state index is 1.18. The summed E-state index contributed by atoms with van der Waals surface area (Å²) < 4.78 is 5.13. The number of thiophene rings is 1. The molecule has 10 rings (SSSR count). The summed E-state index contributed by atoms with van der Waals surface area (Å²) in [4.78, 5) is 0. The van der Waals surface area contributed by atoms with Crippen LogP contribution in [0, 0.1) is 0 Å². The summed E-state index contributed by atoms with van der Waals surface area (Å²) >= 11 is 1.88. The van der Waals surface area contributed by atoms with Crippen molar-refractivity contribution in [3.05, 3.63) is 200 Å². The molecule has 0 bridgehead atoms. The van der Waals surface area contributed by atoms with Gasteiger partial charge in [-0.05, 0) is 68.3 Å². The van der Waals surface area contributed by atoms with E-state index in [2.05, 4.69) is 205 Å². The van der Waals surface area contributed by atoms with Crippen molar-refractivity contribution in [2.45, 2.75) is 0 Å². The van der Waals surface area contributed by atoms with Crippen molar-refractivity contribution in [2.75, 3.05) is 0 Å². The number of benzene rings is 8. The third-order valence-electron chi connectivity index (χ3n) is 10.5. The van der Waals surface area contributed by atoms with Crippen molar-refractivity contribution in [2.24, 2.45) is 0 Å². The Morgan fingerprint density at radius 1 is 0.333 bits per heavy atom. The topological polar surface area (TPSA) is 4.93 Å². The van der Waals surface area contributed by atoms with E-state index in [4.69, 9.17) is 0 Å². The van der Waals surface area contributed by atoms with Crippen molar-refractivity contribution in [3.8, 4) is 16.8 Å². The van der Waals surface area contributed by atoms with Gasteiger partial charge in [0.2, 0.25) is 0 Å². The number of para-hydroxylation sites is 2. The van der Waals surface area contributed by atoms with Gasteiger partial charge in [-0.2, -0.15) is 0 Å². The van der Waals surface area contributed by atoms with Crippen LogP contribution in [0.25, 0.3) is 58.8 Å². The van der Waals surface area contributed by atoms with Crippen molar-refractivity contribution >= 4 is 82.1 Å². The van der Waals surface area contributed by atoms with Gasteiger partial charge < -0.3 is 4.57 Å². The summed E-state index contributed by atoms with van der Waals surface area (Å²) in [5.74, 6) is 0. The van der Waals surface area contributed by atoms with E-state index in [0.717, 1.165) is 0 Å². The van der Waals surface area contributed by atoms with Gasteiger partial charge in [0.1, 0.15) is 0 Å². The Bertz CT molecular complexity index is 2760. The summed E-state index contributed by atoms with van der Waals surface area (Å²) in [5.41, 5.74) is 6.04. The van der Waals surface area contributed by atoms with Gasteiger partial charge in [-0.25, -0.2) is 0 Å². The number of nitrogens with zero attached hydrogens (tertiary/aromatic N) is 1. The van der Waals surface area contributed by atoms with Gasteiger partial charge in [-0.1, -0.05) is 164 Å². The highest BCUT2D eigenvalue weighted by Crippen LogP contribution is 2.35. The van der Waals surface area contributed by atoms with Crippen LogP contribution in [0.4, 0.5) is 0 Å². The van der Waals surface area contributed by atoms with E-state index in [9.17, 15) is 0 Å². The van der Waals surface area contributed by atoms with Gasteiger partial charge in [-0.15, -0.1) is 11.3 Å². The molecule has 0 aliphatic carbocycles. The predicted molar refractivity (Wildman–Crippen MR) is 223 cm³/mol. The quantitative estimate of drug-likeness (QED) is 0.121. The van der Waals surface area contributed by atoms with Crippen LogP contribution in [0.15, 0.2) is 200 Å². The lowest BCUT2D eigenvalue weighted by Gasteiger charge is -2.35. The predicted octanol–water partition coefficient (Wildman–Crippen LogP) is 10.2. The van der Waals surface area contributed by atoms with Crippen LogP contribution < -0.4 is 20.7 Å². The molecule has 2 aromatic heterocycles. The average molecular weight is 684 g/mol. The molecule has 0 fully saturated rings. The standard InChI is InChI=1S/C48H33NSSi/c1-4-16-34(17-5-1)35-30-36(49-45-25-13-10-22-41(45)42-23-11-14-26-46(42)49)32-40(31-35)51(37-18-6-2-7-19-37,38-20-8-3-9-21-38)39-28-29-48-44(33-39)43-24-12-15-27-47(43)50-48/h1-33H. The fourth-order valence-electron chi connectivity index (χ4n) is 8.29. The van der Waals surface area contributed by atoms with Gasteiger partial charge in [0, 0.05) is 36.6 Å². The molecule has 240 valence electrons. The molecule has 0 saturated carbocycles. The molecule has 3 heteroatoms. The fraction of sp³-hybridized carbons (Fsp3) is 0. The molecule has 2 heterocycles. The molecule has 8 aromatic carbocycles. The van der Waals surface area contributed by atoms with E-state index in [1.807, 2.05) is 11.3 Å². The van der Waals surface area contributed by atoms with Gasteiger partial charge >= 0.3 is 0 Å². The van der Waals surface area contributed by atoms with E-state index < -0.39 is 8.07 Å². The van der Waals surface area contributed by atoms with Gasteiger partial charge in [-0.3, -0.25) is 0 Å². The molecule has 0 aliphatic rings. The van der Waals surface area contributed by atoms with Crippen LogP contribution in [-0.2, 0) is 0 Å². The molecule has 0 amide bonds. The normalized spacial score (nSPS) is 11.9. The summed E-state index contributed by atoms with van der Waals surface area (Å²) in [6.07, 6.45) is 0. The Morgan fingerprint density at radius 2 is 0.863 bits per heavy atom. The zero-order valence-corrected chi connectivity index (χ0v) is 29.7. The lowest BCUT2D eigenvalue weighted by molar-refractivity contribution is 1.18. The van der Waals surface area contributed by atoms with E-state index >= 15 is 0 Å². The molecule has 1 nitrogen and oxygen atoms in total. The second kappa shape index (κ2) is 12.1. The Hall–Kier alpha value is -6.00. The zero-order chi connectivity index (χ0) is 33.8. The molecule has 0 radical (unpaired) electrons.